The lowest BCUT2D eigenvalue weighted by Crippen LogP contribution is -2.24. The molecule has 106 valence electrons. The SMILES string of the molecule is Cc1cc(O)c(C)c(OCCCC(C)(C)C(=O)O)c1. The summed E-state index contributed by atoms with van der Waals surface area (Å²) >= 11 is 0. The molecule has 0 heterocycles. The Morgan fingerprint density at radius 3 is 2.53 bits per heavy atom. The lowest BCUT2D eigenvalue weighted by atomic mass is 9.88. The summed E-state index contributed by atoms with van der Waals surface area (Å²) in [7, 11) is 0. The van der Waals surface area contributed by atoms with Gasteiger partial charge in [0.15, 0.2) is 0 Å². The van der Waals surface area contributed by atoms with Crippen molar-refractivity contribution in [1.82, 2.24) is 0 Å². The van der Waals surface area contributed by atoms with Crippen molar-refractivity contribution in [2.45, 2.75) is 40.5 Å². The largest absolute Gasteiger partial charge is 0.508 e. The van der Waals surface area contributed by atoms with Gasteiger partial charge in [-0.3, -0.25) is 4.79 Å². The number of aliphatic carboxylic acids is 1. The Morgan fingerprint density at radius 1 is 1.32 bits per heavy atom. The summed E-state index contributed by atoms with van der Waals surface area (Å²) in [5.74, 6) is 0.0865. The van der Waals surface area contributed by atoms with E-state index in [0.29, 0.717) is 30.8 Å². The number of phenols is 1. The molecule has 1 aromatic carbocycles. The first-order chi connectivity index (χ1) is 8.74. The van der Waals surface area contributed by atoms with Gasteiger partial charge in [0.25, 0.3) is 0 Å². The fourth-order valence-corrected chi connectivity index (χ4v) is 1.76. The normalized spacial score (nSPS) is 11.4. The van der Waals surface area contributed by atoms with E-state index >= 15 is 0 Å². The predicted molar refractivity (Wildman–Crippen MR) is 73.7 cm³/mol. The molecule has 2 N–H and O–H groups in total. The Kier molecular flexibility index (Phi) is 4.81. The third-order valence-corrected chi connectivity index (χ3v) is 3.26. The van der Waals surface area contributed by atoms with Crippen molar-refractivity contribution in [1.29, 1.82) is 0 Å². The number of carbonyl (C=O) groups is 1. The summed E-state index contributed by atoms with van der Waals surface area (Å²) in [6.07, 6.45) is 1.21. The quantitative estimate of drug-likeness (QED) is 0.775. The van der Waals surface area contributed by atoms with Crippen LogP contribution in [0.15, 0.2) is 12.1 Å². The minimum atomic E-state index is -0.795. The highest BCUT2D eigenvalue weighted by Crippen LogP contribution is 2.29. The lowest BCUT2D eigenvalue weighted by molar-refractivity contribution is -0.147. The van der Waals surface area contributed by atoms with E-state index in [0.717, 1.165) is 5.56 Å². The van der Waals surface area contributed by atoms with Crippen molar-refractivity contribution in [2.75, 3.05) is 6.61 Å². The second kappa shape index (κ2) is 5.95. The monoisotopic (exact) mass is 266 g/mol. The second-order valence-corrected chi connectivity index (χ2v) is 5.55. The number of aromatic hydroxyl groups is 1. The molecule has 0 radical (unpaired) electrons. The molecule has 0 spiro atoms. The van der Waals surface area contributed by atoms with Gasteiger partial charge in [-0.15, -0.1) is 0 Å². The third-order valence-electron chi connectivity index (χ3n) is 3.26. The summed E-state index contributed by atoms with van der Waals surface area (Å²) in [5.41, 5.74) is 0.916. The van der Waals surface area contributed by atoms with Gasteiger partial charge >= 0.3 is 5.97 Å². The average Bonchev–Trinajstić information content (AvgIpc) is 2.30. The van der Waals surface area contributed by atoms with Gasteiger partial charge in [0.1, 0.15) is 11.5 Å². The lowest BCUT2D eigenvalue weighted by Gasteiger charge is -2.19. The number of aryl methyl sites for hydroxylation is 1. The van der Waals surface area contributed by atoms with Crippen molar-refractivity contribution in [3.8, 4) is 11.5 Å². The molecule has 0 saturated carbocycles. The van der Waals surface area contributed by atoms with E-state index in [4.69, 9.17) is 9.84 Å². The molecule has 4 heteroatoms. The Hall–Kier alpha value is -1.71. The highest BCUT2D eigenvalue weighted by Gasteiger charge is 2.26. The van der Waals surface area contributed by atoms with E-state index in [1.807, 2.05) is 13.0 Å². The van der Waals surface area contributed by atoms with Crippen LogP contribution in [0.1, 0.15) is 37.8 Å². The molecular weight excluding hydrogens is 244 g/mol. The van der Waals surface area contributed by atoms with Gasteiger partial charge < -0.3 is 14.9 Å². The van der Waals surface area contributed by atoms with Gasteiger partial charge in [0.2, 0.25) is 0 Å². The molecule has 0 fully saturated rings. The average molecular weight is 266 g/mol. The van der Waals surface area contributed by atoms with Crippen LogP contribution in [-0.2, 0) is 4.79 Å². The molecule has 1 rings (SSSR count). The van der Waals surface area contributed by atoms with Crippen LogP contribution in [0.25, 0.3) is 0 Å². The van der Waals surface area contributed by atoms with Crippen LogP contribution in [0.5, 0.6) is 11.5 Å². The summed E-state index contributed by atoms with van der Waals surface area (Å²) in [5, 5.41) is 18.7. The van der Waals surface area contributed by atoms with Gasteiger partial charge in [0.05, 0.1) is 12.0 Å². The Labute approximate surface area is 114 Å². The first-order valence-corrected chi connectivity index (χ1v) is 6.40. The molecule has 0 aliphatic heterocycles. The van der Waals surface area contributed by atoms with Crippen LogP contribution in [0.3, 0.4) is 0 Å². The van der Waals surface area contributed by atoms with Crippen LogP contribution in [0, 0.1) is 19.3 Å². The summed E-state index contributed by atoms with van der Waals surface area (Å²) in [6.45, 7) is 7.55. The molecule has 0 amide bonds. The van der Waals surface area contributed by atoms with Crippen molar-refractivity contribution in [2.24, 2.45) is 5.41 Å². The number of phenolic OH excluding ortho intramolecular Hbond substituents is 1. The summed E-state index contributed by atoms with van der Waals surface area (Å²) in [6, 6.07) is 3.56. The Morgan fingerprint density at radius 2 is 1.95 bits per heavy atom. The van der Waals surface area contributed by atoms with Crippen molar-refractivity contribution in [3.05, 3.63) is 23.3 Å². The van der Waals surface area contributed by atoms with Crippen LogP contribution in [0.2, 0.25) is 0 Å². The number of ether oxygens (including phenoxy) is 1. The highest BCUT2D eigenvalue weighted by molar-refractivity contribution is 5.73. The first kappa shape index (κ1) is 15.3. The molecule has 19 heavy (non-hydrogen) atoms. The maximum Gasteiger partial charge on any atom is 0.309 e. The molecule has 0 atom stereocenters. The minimum absolute atomic E-state index is 0.223. The van der Waals surface area contributed by atoms with Crippen LogP contribution in [0.4, 0.5) is 0 Å². The molecule has 4 nitrogen and oxygen atoms in total. The van der Waals surface area contributed by atoms with Gasteiger partial charge in [-0.05, 0) is 58.2 Å². The number of hydrogen-bond donors (Lipinski definition) is 2. The van der Waals surface area contributed by atoms with E-state index < -0.39 is 11.4 Å². The van der Waals surface area contributed by atoms with Gasteiger partial charge in [-0.1, -0.05) is 0 Å². The molecule has 0 aromatic heterocycles. The minimum Gasteiger partial charge on any atom is -0.508 e. The smallest absolute Gasteiger partial charge is 0.309 e. The number of hydrogen-bond acceptors (Lipinski definition) is 3. The van der Waals surface area contributed by atoms with Crippen molar-refractivity contribution in [3.63, 3.8) is 0 Å². The number of benzene rings is 1. The molecule has 0 aliphatic rings. The van der Waals surface area contributed by atoms with Crippen molar-refractivity contribution < 1.29 is 19.7 Å². The number of carboxylic acid groups (broad SMARTS) is 1. The maximum absolute atomic E-state index is 11.0. The van der Waals surface area contributed by atoms with E-state index in [2.05, 4.69) is 0 Å². The zero-order valence-electron chi connectivity index (χ0n) is 12.0. The maximum atomic E-state index is 11.0. The van der Waals surface area contributed by atoms with Gasteiger partial charge in [-0.2, -0.15) is 0 Å². The van der Waals surface area contributed by atoms with E-state index in [-0.39, 0.29) is 5.75 Å². The van der Waals surface area contributed by atoms with Crippen LogP contribution in [-0.4, -0.2) is 22.8 Å². The third kappa shape index (κ3) is 4.16. The molecule has 0 bridgehead atoms. The van der Waals surface area contributed by atoms with E-state index in [1.54, 1.807) is 26.8 Å². The number of rotatable bonds is 6. The predicted octanol–water partition coefficient (Wildman–Crippen LogP) is 3.28. The summed E-state index contributed by atoms with van der Waals surface area (Å²) < 4.78 is 5.62. The molecule has 1 aromatic rings. The fourth-order valence-electron chi connectivity index (χ4n) is 1.76. The Balaban J connectivity index is 2.53. The van der Waals surface area contributed by atoms with Gasteiger partial charge in [0, 0.05) is 5.56 Å². The fraction of sp³-hybridized carbons (Fsp3) is 0.533. The molecular formula is C15H22O4. The highest BCUT2D eigenvalue weighted by atomic mass is 16.5. The zero-order valence-corrected chi connectivity index (χ0v) is 12.0. The first-order valence-electron chi connectivity index (χ1n) is 6.40. The standard InChI is InChI=1S/C15H22O4/c1-10-8-12(16)11(2)13(9-10)19-7-5-6-15(3,4)14(17)18/h8-9,16H,5-7H2,1-4H3,(H,17,18). The van der Waals surface area contributed by atoms with Crippen molar-refractivity contribution >= 4 is 5.97 Å². The summed E-state index contributed by atoms with van der Waals surface area (Å²) in [4.78, 5) is 11.0. The molecule has 0 aliphatic carbocycles. The topological polar surface area (TPSA) is 66.8 Å². The van der Waals surface area contributed by atoms with E-state index in [9.17, 15) is 9.90 Å². The van der Waals surface area contributed by atoms with Crippen LogP contribution >= 0.6 is 0 Å². The second-order valence-electron chi connectivity index (χ2n) is 5.55. The molecule has 0 unspecified atom stereocenters. The van der Waals surface area contributed by atoms with Crippen LogP contribution < -0.4 is 4.74 Å². The van der Waals surface area contributed by atoms with E-state index in [1.165, 1.54) is 0 Å². The zero-order chi connectivity index (χ0) is 14.6. The van der Waals surface area contributed by atoms with Gasteiger partial charge in [-0.25, -0.2) is 0 Å². The molecule has 0 saturated heterocycles. The Bertz CT molecular complexity index is 463. The number of carboxylic acids is 1.